The predicted octanol–water partition coefficient (Wildman–Crippen LogP) is 0.206. The second-order valence-electron chi connectivity index (χ2n) is 2.96. The normalized spacial score (nSPS) is 12.0. The van der Waals surface area contributed by atoms with Crippen molar-refractivity contribution in [2.75, 3.05) is 0 Å². The van der Waals surface area contributed by atoms with Gasteiger partial charge in [-0.1, -0.05) is 0 Å². The van der Waals surface area contributed by atoms with Crippen molar-refractivity contribution >= 4 is 7.62 Å². The van der Waals surface area contributed by atoms with Crippen LogP contribution in [0.1, 0.15) is 0 Å². The number of pyridine rings is 1. The van der Waals surface area contributed by atoms with Crippen LogP contribution in [0.4, 0.5) is 0 Å². The fourth-order valence-electron chi connectivity index (χ4n) is 1.47. The maximum Gasteiger partial charge on any atom is 0.832 e. The van der Waals surface area contributed by atoms with Crippen molar-refractivity contribution in [2.45, 2.75) is 0 Å². The SMILES string of the molecule is [B]1Oc2ncncc2-c2cccc[n+]21. The van der Waals surface area contributed by atoms with E-state index in [1.807, 2.05) is 28.9 Å². The molecular formula is C9H6BN3O+. The van der Waals surface area contributed by atoms with Crippen molar-refractivity contribution in [3.63, 3.8) is 0 Å². The fraction of sp³-hybridized carbons (Fsp3) is 0. The lowest BCUT2D eigenvalue weighted by Crippen LogP contribution is -2.47. The van der Waals surface area contributed by atoms with Crippen LogP contribution in [-0.4, -0.2) is 17.6 Å². The quantitative estimate of drug-likeness (QED) is 0.547. The average molecular weight is 183 g/mol. The molecule has 0 N–H and O–H groups in total. The maximum atomic E-state index is 5.34. The summed E-state index contributed by atoms with van der Waals surface area (Å²) in [5.41, 5.74) is 1.95. The second kappa shape index (κ2) is 2.80. The first-order valence-electron chi connectivity index (χ1n) is 4.26. The highest BCUT2D eigenvalue weighted by molar-refractivity contribution is 6.18. The van der Waals surface area contributed by atoms with Gasteiger partial charge in [-0.15, -0.1) is 0 Å². The number of nitrogens with zero attached hydrogens (tertiary/aromatic N) is 3. The third-order valence-corrected chi connectivity index (χ3v) is 2.12. The molecule has 0 bridgehead atoms. The Kier molecular flexibility index (Phi) is 1.50. The van der Waals surface area contributed by atoms with E-state index in [0.29, 0.717) is 5.88 Å². The molecule has 0 saturated heterocycles. The highest BCUT2D eigenvalue weighted by Crippen LogP contribution is 2.25. The van der Waals surface area contributed by atoms with Gasteiger partial charge in [0, 0.05) is 12.3 Å². The second-order valence-corrected chi connectivity index (χ2v) is 2.96. The van der Waals surface area contributed by atoms with Gasteiger partial charge in [-0.3, -0.25) is 0 Å². The van der Waals surface area contributed by atoms with Gasteiger partial charge < -0.3 is 4.65 Å². The Balaban J connectivity index is 2.29. The number of fused-ring (bicyclic) bond motifs is 3. The van der Waals surface area contributed by atoms with Crippen LogP contribution in [0.15, 0.2) is 36.9 Å². The Morgan fingerprint density at radius 3 is 3.36 bits per heavy atom. The first-order valence-corrected chi connectivity index (χ1v) is 4.26. The van der Waals surface area contributed by atoms with E-state index in [4.69, 9.17) is 4.65 Å². The molecule has 14 heavy (non-hydrogen) atoms. The molecule has 0 aromatic carbocycles. The summed E-state index contributed by atoms with van der Waals surface area (Å²) in [6.07, 6.45) is 5.15. The van der Waals surface area contributed by atoms with Gasteiger partial charge in [0.15, 0.2) is 5.69 Å². The van der Waals surface area contributed by atoms with Crippen LogP contribution >= 0.6 is 0 Å². The Labute approximate surface area is 81.5 Å². The minimum absolute atomic E-state index is 0.603. The molecule has 3 heterocycles. The molecule has 65 valence electrons. The zero-order valence-electron chi connectivity index (χ0n) is 7.29. The minimum atomic E-state index is 0.603. The topological polar surface area (TPSA) is 38.9 Å². The summed E-state index contributed by atoms with van der Waals surface area (Å²) in [6.45, 7) is 0. The van der Waals surface area contributed by atoms with Crippen LogP contribution in [-0.2, 0) is 0 Å². The summed E-state index contributed by atoms with van der Waals surface area (Å²) in [6, 6.07) is 5.92. The molecule has 5 heteroatoms. The van der Waals surface area contributed by atoms with Gasteiger partial charge in [0.05, 0.1) is 0 Å². The molecule has 0 fully saturated rings. The van der Waals surface area contributed by atoms with Gasteiger partial charge in [0.1, 0.15) is 18.1 Å². The van der Waals surface area contributed by atoms with Gasteiger partial charge >= 0.3 is 7.62 Å². The number of rotatable bonds is 0. The summed E-state index contributed by atoms with van der Waals surface area (Å²) >= 11 is 0. The van der Waals surface area contributed by atoms with E-state index in [1.165, 1.54) is 6.33 Å². The number of aromatic nitrogens is 3. The smallest absolute Gasteiger partial charge is 0.483 e. The zero-order chi connectivity index (χ0) is 9.38. The van der Waals surface area contributed by atoms with Crippen LogP contribution < -0.4 is 9.13 Å². The molecular weight excluding hydrogens is 177 g/mol. The summed E-state index contributed by atoms with van der Waals surface area (Å²) in [7, 11) is 1.63. The largest absolute Gasteiger partial charge is 0.832 e. The molecule has 2 aromatic rings. The summed E-state index contributed by atoms with van der Waals surface area (Å²) < 4.78 is 7.23. The molecule has 0 spiro atoms. The monoisotopic (exact) mass is 183 g/mol. The van der Waals surface area contributed by atoms with Crippen LogP contribution in [0, 0.1) is 0 Å². The Morgan fingerprint density at radius 2 is 2.36 bits per heavy atom. The van der Waals surface area contributed by atoms with Crippen LogP contribution in [0.2, 0.25) is 0 Å². The van der Waals surface area contributed by atoms with Crippen molar-refractivity contribution in [3.8, 4) is 17.1 Å². The lowest BCUT2D eigenvalue weighted by Gasteiger charge is -2.10. The van der Waals surface area contributed by atoms with Gasteiger partial charge in [0.25, 0.3) is 0 Å². The lowest BCUT2D eigenvalue weighted by atomic mass is 10.1. The van der Waals surface area contributed by atoms with Gasteiger partial charge in [-0.25, -0.2) is 14.4 Å². The number of hydrogen-bond donors (Lipinski definition) is 0. The first kappa shape index (κ1) is 7.49. The van der Waals surface area contributed by atoms with Gasteiger partial charge in [0.2, 0.25) is 5.88 Å². The highest BCUT2D eigenvalue weighted by atomic mass is 16.4. The van der Waals surface area contributed by atoms with E-state index in [2.05, 4.69) is 9.97 Å². The Morgan fingerprint density at radius 1 is 1.36 bits per heavy atom. The Hall–Kier alpha value is -1.91. The fourth-order valence-corrected chi connectivity index (χ4v) is 1.47. The molecule has 0 aliphatic carbocycles. The molecule has 1 aliphatic heterocycles. The summed E-state index contributed by atoms with van der Waals surface area (Å²) in [5, 5.41) is 0. The molecule has 2 aromatic heterocycles. The van der Waals surface area contributed by atoms with E-state index < -0.39 is 0 Å². The molecule has 0 amide bonds. The Bertz CT molecular complexity index is 443. The van der Waals surface area contributed by atoms with E-state index in [9.17, 15) is 0 Å². The van der Waals surface area contributed by atoms with E-state index in [0.717, 1.165) is 11.3 Å². The van der Waals surface area contributed by atoms with Crippen molar-refractivity contribution in [2.24, 2.45) is 0 Å². The minimum Gasteiger partial charge on any atom is -0.483 e. The molecule has 0 saturated carbocycles. The van der Waals surface area contributed by atoms with Crippen molar-refractivity contribution < 1.29 is 9.13 Å². The summed E-state index contributed by atoms with van der Waals surface area (Å²) in [5.74, 6) is 0.603. The molecule has 1 radical (unpaired) electrons. The average Bonchev–Trinajstić information content (AvgIpc) is 2.29. The molecule has 0 unspecified atom stereocenters. The molecule has 0 atom stereocenters. The zero-order valence-corrected chi connectivity index (χ0v) is 7.29. The lowest BCUT2D eigenvalue weighted by molar-refractivity contribution is -0.528. The van der Waals surface area contributed by atoms with Crippen molar-refractivity contribution in [1.82, 2.24) is 9.97 Å². The maximum absolute atomic E-state index is 5.34. The summed E-state index contributed by atoms with van der Waals surface area (Å²) in [4.78, 5) is 8.02. The van der Waals surface area contributed by atoms with Crippen LogP contribution in [0.3, 0.4) is 0 Å². The molecule has 1 aliphatic rings. The molecule has 3 rings (SSSR count). The predicted molar refractivity (Wildman–Crippen MR) is 49.4 cm³/mol. The van der Waals surface area contributed by atoms with Crippen molar-refractivity contribution in [1.29, 1.82) is 0 Å². The third kappa shape index (κ3) is 0.986. The van der Waals surface area contributed by atoms with E-state index >= 15 is 0 Å². The van der Waals surface area contributed by atoms with Gasteiger partial charge in [-0.2, -0.15) is 0 Å². The van der Waals surface area contributed by atoms with E-state index in [-0.39, 0.29) is 0 Å². The first-order chi connectivity index (χ1) is 6.95. The third-order valence-electron chi connectivity index (χ3n) is 2.12. The highest BCUT2D eigenvalue weighted by Gasteiger charge is 2.29. The molecule has 4 nitrogen and oxygen atoms in total. The van der Waals surface area contributed by atoms with Crippen molar-refractivity contribution in [3.05, 3.63) is 36.9 Å². The van der Waals surface area contributed by atoms with Crippen LogP contribution in [0.25, 0.3) is 11.3 Å². The standard InChI is InChI=1S/C9H6BN3O/c1-2-4-13-8(3-1)7-5-11-6-12-9(7)14-10-13/h1-6H/q+1. The van der Waals surface area contributed by atoms with Crippen LogP contribution in [0.5, 0.6) is 5.88 Å². The van der Waals surface area contributed by atoms with Gasteiger partial charge in [-0.05, 0) is 12.1 Å². The van der Waals surface area contributed by atoms with E-state index in [1.54, 1.807) is 13.8 Å². The number of hydrogen-bond acceptors (Lipinski definition) is 3.